The SMILES string of the molecule is Cc1cc(-c2ccncc2N)cc(N)n1. The summed E-state index contributed by atoms with van der Waals surface area (Å²) < 4.78 is 0. The van der Waals surface area contributed by atoms with Crippen molar-refractivity contribution in [3.8, 4) is 11.1 Å². The van der Waals surface area contributed by atoms with E-state index in [-0.39, 0.29) is 0 Å². The fourth-order valence-electron chi connectivity index (χ4n) is 1.52. The second-order valence-corrected chi connectivity index (χ2v) is 3.38. The van der Waals surface area contributed by atoms with E-state index in [0.29, 0.717) is 11.5 Å². The molecular formula is C11H12N4. The predicted molar refractivity (Wildman–Crippen MR) is 61.0 cm³/mol. The molecule has 0 saturated carbocycles. The maximum atomic E-state index is 5.83. The Morgan fingerprint density at radius 2 is 2.00 bits per heavy atom. The maximum Gasteiger partial charge on any atom is 0.124 e. The summed E-state index contributed by atoms with van der Waals surface area (Å²) in [6.45, 7) is 1.90. The van der Waals surface area contributed by atoms with Crippen LogP contribution in [0.2, 0.25) is 0 Å². The van der Waals surface area contributed by atoms with Crippen molar-refractivity contribution in [2.24, 2.45) is 0 Å². The molecule has 4 N–H and O–H groups in total. The third-order valence-electron chi connectivity index (χ3n) is 2.14. The molecule has 2 heterocycles. The van der Waals surface area contributed by atoms with E-state index in [1.165, 1.54) is 0 Å². The molecule has 0 bridgehead atoms. The molecule has 0 aromatic carbocycles. The van der Waals surface area contributed by atoms with E-state index in [2.05, 4.69) is 9.97 Å². The molecule has 0 amide bonds. The van der Waals surface area contributed by atoms with Crippen molar-refractivity contribution in [1.29, 1.82) is 0 Å². The highest BCUT2D eigenvalue weighted by Gasteiger charge is 2.03. The van der Waals surface area contributed by atoms with Gasteiger partial charge in [0.05, 0.1) is 11.9 Å². The van der Waals surface area contributed by atoms with Gasteiger partial charge in [0.15, 0.2) is 0 Å². The lowest BCUT2D eigenvalue weighted by atomic mass is 10.1. The first-order valence-corrected chi connectivity index (χ1v) is 4.61. The largest absolute Gasteiger partial charge is 0.397 e. The third kappa shape index (κ3) is 1.88. The zero-order valence-electron chi connectivity index (χ0n) is 8.44. The normalized spacial score (nSPS) is 10.2. The number of aromatic nitrogens is 2. The molecule has 2 aromatic heterocycles. The molecule has 76 valence electrons. The lowest BCUT2D eigenvalue weighted by molar-refractivity contribution is 1.21. The van der Waals surface area contributed by atoms with Crippen LogP contribution < -0.4 is 11.5 Å². The molecule has 4 heteroatoms. The molecule has 0 atom stereocenters. The Balaban J connectivity index is 2.59. The van der Waals surface area contributed by atoms with Gasteiger partial charge in [0, 0.05) is 17.5 Å². The molecule has 4 nitrogen and oxygen atoms in total. The highest BCUT2D eigenvalue weighted by atomic mass is 14.8. The number of rotatable bonds is 1. The Morgan fingerprint density at radius 3 is 2.67 bits per heavy atom. The van der Waals surface area contributed by atoms with Crippen LogP contribution in [0.3, 0.4) is 0 Å². The summed E-state index contributed by atoms with van der Waals surface area (Å²) in [4.78, 5) is 8.05. The van der Waals surface area contributed by atoms with Crippen LogP contribution in [0.1, 0.15) is 5.69 Å². The first-order valence-electron chi connectivity index (χ1n) is 4.61. The van der Waals surface area contributed by atoms with Crippen molar-refractivity contribution in [2.75, 3.05) is 11.5 Å². The quantitative estimate of drug-likeness (QED) is 0.733. The monoisotopic (exact) mass is 200 g/mol. The van der Waals surface area contributed by atoms with Crippen LogP contribution >= 0.6 is 0 Å². The Bertz CT molecular complexity index is 473. The summed E-state index contributed by atoms with van der Waals surface area (Å²) in [5.74, 6) is 0.501. The molecule has 0 saturated heterocycles. The van der Waals surface area contributed by atoms with Gasteiger partial charge < -0.3 is 11.5 Å². The van der Waals surface area contributed by atoms with Crippen molar-refractivity contribution in [2.45, 2.75) is 6.92 Å². The van der Waals surface area contributed by atoms with Gasteiger partial charge in [-0.2, -0.15) is 0 Å². The lowest BCUT2D eigenvalue weighted by Gasteiger charge is -2.06. The molecule has 0 unspecified atom stereocenters. The van der Waals surface area contributed by atoms with Crippen LogP contribution in [0, 0.1) is 6.92 Å². The first-order chi connectivity index (χ1) is 7.16. The van der Waals surface area contributed by atoms with E-state index in [1.807, 2.05) is 19.1 Å². The number of hydrogen-bond donors (Lipinski definition) is 2. The molecule has 15 heavy (non-hydrogen) atoms. The Labute approximate surface area is 88.0 Å². The molecular weight excluding hydrogens is 188 g/mol. The zero-order valence-corrected chi connectivity index (χ0v) is 8.44. The van der Waals surface area contributed by atoms with Crippen LogP contribution in [0.25, 0.3) is 11.1 Å². The van der Waals surface area contributed by atoms with Crippen molar-refractivity contribution in [3.05, 3.63) is 36.3 Å². The van der Waals surface area contributed by atoms with Gasteiger partial charge in [-0.25, -0.2) is 4.98 Å². The fourth-order valence-corrected chi connectivity index (χ4v) is 1.52. The van der Waals surface area contributed by atoms with E-state index in [0.717, 1.165) is 16.8 Å². The third-order valence-corrected chi connectivity index (χ3v) is 2.14. The summed E-state index contributed by atoms with van der Waals surface area (Å²) in [5.41, 5.74) is 14.9. The molecule has 0 aliphatic rings. The van der Waals surface area contributed by atoms with E-state index >= 15 is 0 Å². The summed E-state index contributed by atoms with van der Waals surface area (Å²) in [7, 11) is 0. The standard InChI is InChI=1S/C11H12N4/c1-7-4-8(5-11(13)15-7)9-2-3-14-6-10(9)12/h2-6H,12H2,1H3,(H2,13,15). The van der Waals surface area contributed by atoms with Crippen molar-refractivity contribution in [1.82, 2.24) is 9.97 Å². The van der Waals surface area contributed by atoms with E-state index in [4.69, 9.17) is 11.5 Å². The number of nitrogens with zero attached hydrogens (tertiary/aromatic N) is 2. The lowest BCUT2D eigenvalue weighted by Crippen LogP contribution is -1.95. The minimum absolute atomic E-state index is 0.501. The van der Waals surface area contributed by atoms with Crippen LogP contribution in [0.15, 0.2) is 30.6 Å². The van der Waals surface area contributed by atoms with Gasteiger partial charge in [-0.05, 0) is 30.7 Å². The molecule has 0 aliphatic carbocycles. The highest BCUT2D eigenvalue weighted by Crippen LogP contribution is 2.26. The molecule has 0 radical (unpaired) electrons. The predicted octanol–water partition coefficient (Wildman–Crippen LogP) is 1.62. The van der Waals surface area contributed by atoms with Gasteiger partial charge >= 0.3 is 0 Å². The Kier molecular flexibility index (Phi) is 2.25. The molecule has 0 spiro atoms. The summed E-state index contributed by atoms with van der Waals surface area (Å²) in [6, 6.07) is 5.62. The smallest absolute Gasteiger partial charge is 0.124 e. The summed E-state index contributed by atoms with van der Waals surface area (Å²) >= 11 is 0. The van der Waals surface area contributed by atoms with Gasteiger partial charge in [-0.3, -0.25) is 4.98 Å². The molecule has 0 fully saturated rings. The number of hydrogen-bond acceptors (Lipinski definition) is 4. The molecule has 2 rings (SSSR count). The second-order valence-electron chi connectivity index (χ2n) is 3.38. The van der Waals surface area contributed by atoms with Crippen LogP contribution in [-0.4, -0.2) is 9.97 Å². The second kappa shape index (κ2) is 3.57. The van der Waals surface area contributed by atoms with E-state index in [9.17, 15) is 0 Å². The number of anilines is 2. The van der Waals surface area contributed by atoms with Crippen molar-refractivity contribution in [3.63, 3.8) is 0 Å². The fraction of sp³-hybridized carbons (Fsp3) is 0.0909. The van der Waals surface area contributed by atoms with Crippen molar-refractivity contribution < 1.29 is 0 Å². The number of aryl methyl sites for hydroxylation is 1. The average Bonchev–Trinajstić information content (AvgIpc) is 2.16. The summed E-state index contributed by atoms with van der Waals surface area (Å²) in [6.07, 6.45) is 3.33. The van der Waals surface area contributed by atoms with Gasteiger partial charge in [0.2, 0.25) is 0 Å². The van der Waals surface area contributed by atoms with Crippen LogP contribution in [0.5, 0.6) is 0 Å². The number of nitrogens with two attached hydrogens (primary N) is 2. The van der Waals surface area contributed by atoms with E-state index < -0.39 is 0 Å². The highest BCUT2D eigenvalue weighted by molar-refractivity contribution is 5.76. The number of pyridine rings is 2. The average molecular weight is 200 g/mol. The Morgan fingerprint density at radius 1 is 1.20 bits per heavy atom. The van der Waals surface area contributed by atoms with Gasteiger partial charge in [-0.1, -0.05) is 0 Å². The topological polar surface area (TPSA) is 77.8 Å². The van der Waals surface area contributed by atoms with Crippen LogP contribution in [0.4, 0.5) is 11.5 Å². The van der Waals surface area contributed by atoms with Gasteiger partial charge in [0.1, 0.15) is 5.82 Å². The number of nitrogen functional groups attached to an aromatic ring is 2. The van der Waals surface area contributed by atoms with Crippen LogP contribution in [-0.2, 0) is 0 Å². The van der Waals surface area contributed by atoms with Gasteiger partial charge in [-0.15, -0.1) is 0 Å². The summed E-state index contributed by atoms with van der Waals surface area (Å²) in [5, 5.41) is 0. The van der Waals surface area contributed by atoms with E-state index in [1.54, 1.807) is 18.5 Å². The maximum absolute atomic E-state index is 5.83. The molecule has 2 aromatic rings. The van der Waals surface area contributed by atoms with Crippen molar-refractivity contribution >= 4 is 11.5 Å². The molecule has 0 aliphatic heterocycles. The first kappa shape index (κ1) is 9.45. The minimum Gasteiger partial charge on any atom is -0.397 e. The van der Waals surface area contributed by atoms with Gasteiger partial charge in [0.25, 0.3) is 0 Å². The Hall–Kier alpha value is -2.10. The zero-order chi connectivity index (χ0) is 10.8. The minimum atomic E-state index is 0.501.